The van der Waals surface area contributed by atoms with Crippen molar-refractivity contribution in [1.29, 1.82) is 0 Å². The molecule has 0 aliphatic carbocycles. The van der Waals surface area contributed by atoms with Gasteiger partial charge in [-0.05, 0) is 37.3 Å². The fourth-order valence-electron chi connectivity index (χ4n) is 2.88. The van der Waals surface area contributed by atoms with Gasteiger partial charge in [0.05, 0.1) is 18.8 Å². The highest BCUT2D eigenvalue weighted by Crippen LogP contribution is 2.33. The summed E-state index contributed by atoms with van der Waals surface area (Å²) >= 11 is 0. The molecule has 3 aromatic heterocycles. The van der Waals surface area contributed by atoms with Crippen LogP contribution in [0.3, 0.4) is 0 Å². The van der Waals surface area contributed by atoms with Crippen molar-refractivity contribution in [2.75, 3.05) is 6.61 Å². The van der Waals surface area contributed by atoms with Crippen LogP contribution in [-0.2, 0) is 9.53 Å². The Balaban J connectivity index is 1.50. The first-order valence-corrected chi connectivity index (χ1v) is 8.31. The first-order valence-electron chi connectivity index (χ1n) is 8.31. The fourth-order valence-corrected chi connectivity index (χ4v) is 2.88. The molecule has 0 N–H and O–H groups in total. The maximum absolute atomic E-state index is 12.7. The van der Waals surface area contributed by atoms with Crippen LogP contribution in [0.1, 0.15) is 40.1 Å². The molecule has 3 aromatic rings. The third kappa shape index (κ3) is 3.29. The Kier molecular flexibility index (Phi) is 4.37. The lowest BCUT2D eigenvalue weighted by Crippen LogP contribution is -2.31. The van der Waals surface area contributed by atoms with E-state index in [0.717, 1.165) is 0 Å². The standard InChI is InChI=1S/C19H16N2O6/c1-12-6-9-26-18(12)19(23)27-11-17(22)21-14(16-5-3-8-25-16)10-13(20-21)15-4-2-7-24-15/h2-9,14H,10-11H2,1H3/t14-/m0/s1. The van der Waals surface area contributed by atoms with Crippen LogP contribution in [0.4, 0.5) is 0 Å². The van der Waals surface area contributed by atoms with Crippen LogP contribution in [0.2, 0.25) is 0 Å². The lowest BCUT2D eigenvalue weighted by atomic mass is 10.1. The van der Waals surface area contributed by atoms with E-state index < -0.39 is 24.5 Å². The van der Waals surface area contributed by atoms with E-state index in [4.69, 9.17) is 18.0 Å². The SMILES string of the molecule is Cc1ccoc1C(=O)OCC(=O)N1N=C(c2ccco2)C[C@H]1c1ccco1. The lowest BCUT2D eigenvalue weighted by Gasteiger charge is -2.19. The monoisotopic (exact) mass is 368 g/mol. The Bertz CT molecular complexity index is 968. The van der Waals surface area contributed by atoms with E-state index in [0.29, 0.717) is 29.2 Å². The molecule has 4 heterocycles. The molecule has 1 aliphatic heterocycles. The van der Waals surface area contributed by atoms with Crippen LogP contribution < -0.4 is 0 Å². The smallest absolute Gasteiger partial charge is 0.375 e. The van der Waals surface area contributed by atoms with Crippen molar-refractivity contribution in [2.24, 2.45) is 5.10 Å². The van der Waals surface area contributed by atoms with Gasteiger partial charge in [0.15, 0.2) is 6.61 Å². The Morgan fingerprint density at radius 1 is 1.15 bits per heavy atom. The van der Waals surface area contributed by atoms with Gasteiger partial charge in [0.25, 0.3) is 5.91 Å². The molecule has 0 bridgehead atoms. The van der Waals surface area contributed by atoms with Crippen molar-refractivity contribution in [2.45, 2.75) is 19.4 Å². The average molecular weight is 368 g/mol. The maximum Gasteiger partial charge on any atom is 0.375 e. The summed E-state index contributed by atoms with van der Waals surface area (Å²) < 4.78 is 21.0. The highest BCUT2D eigenvalue weighted by atomic mass is 16.5. The quantitative estimate of drug-likeness (QED) is 0.641. The summed E-state index contributed by atoms with van der Waals surface area (Å²) in [6.45, 7) is 1.25. The number of esters is 1. The topological polar surface area (TPSA) is 98.4 Å². The number of aryl methyl sites for hydroxylation is 1. The highest BCUT2D eigenvalue weighted by molar-refractivity contribution is 6.01. The number of hydrogen-bond acceptors (Lipinski definition) is 7. The van der Waals surface area contributed by atoms with Gasteiger partial charge in [0.1, 0.15) is 23.3 Å². The number of hydrazone groups is 1. The number of amides is 1. The van der Waals surface area contributed by atoms with E-state index in [1.807, 2.05) is 0 Å². The molecule has 8 heteroatoms. The molecule has 0 unspecified atom stereocenters. The second kappa shape index (κ2) is 6.99. The van der Waals surface area contributed by atoms with Gasteiger partial charge in [0.2, 0.25) is 5.76 Å². The molecule has 27 heavy (non-hydrogen) atoms. The number of ether oxygens (including phenoxy) is 1. The Labute approximate surface area is 154 Å². The normalized spacial score (nSPS) is 16.4. The zero-order valence-electron chi connectivity index (χ0n) is 14.5. The van der Waals surface area contributed by atoms with Crippen LogP contribution in [-0.4, -0.2) is 29.2 Å². The van der Waals surface area contributed by atoms with Crippen molar-refractivity contribution in [3.63, 3.8) is 0 Å². The number of carbonyl (C=O) groups is 2. The number of furan rings is 3. The van der Waals surface area contributed by atoms with E-state index >= 15 is 0 Å². The molecule has 0 fully saturated rings. The van der Waals surface area contributed by atoms with Crippen LogP contribution >= 0.6 is 0 Å². The van der Waals surface area contributed by atoms with Gasteiger partial charge in [-0.25, -0.2) is 9.80 Å². The molecule has 0 saturated heterocycles. The van der Waals surface area contributed by atoms with Gasteiger partial charge in [-0.2, -0.15) is 5.10 Å². The summed E-state index contributed by atoms with van der Waals surface area (Å²) in [4.78, 5) is 24.7. The van der Waals surface area contributed by atoms with Gasteiger partial charge in [-0.1, -0.05) is 0 Å². The summed E-state index contributed by atoms with van der Waals surface area (Å²) in [6.07, 6.45) is 4.89. The number of nitrogens with zero attached hydrogens (tertiary/aromatic N) is 2. The average Bonchev–Trinajstić information content (AvgIpc) is 3.45. The van der Waals surface area contributed by atoms with E-state index in [1.54, 1.807) is 37.3 Å². The summed E-state index contributed by atoms with van der Waals surface area (Å²) in [6, 6.07) is 8.23. The predicted octanol–water partition coefficient (Wildman–Crippen LogP) is 3.31. The molecule has 8 nitrogen and oxygen atoms in total. The summed E-state index contributed by atoms with van der Waals surface area (Å²) in [5.41, 5.74) is 1.25. The molecule has 0 saturated carbocycles. The first-order chi connectivity index (χ1) is 13.1. The Morgan fingerprint density at radius 2 is 1.96 bits per heavy atom. The Morgan fingerprint density at radius 3 is 2.63 bits per heavy atom. The fraction of sp³-hybridized carbons (Fsp3) is 0.211. The van der Waals surface area contributed by atoms with E-state index in [-0.39, 0.29) is 5.76 Å². The van der Waals surface area contributed by atoms with Crippen molar-refractivity contribution < 1.29 is 27.6 Å². The first kappa shape index (κ1) is 16.9. The minimum atomic E-state index is -0.699. The Hall–Kier alpha value is -3.55. The minimum Gasteiger partial charge on any atom is -0.467 e. The molecule has 0 spiro atoms. The van der Waals surface area contributed by atoms with E-state index in [9.17, 15) is 9.59 Å². The molecule has 0 aromatic carbocycles. The highest BCUT2D eigenvalue weighted by Gasteiger charge is 2.36. The third-order valence-electron chi connectivity index (χ3n) is 4.22. The predicted molar refractivity (Wildman–Crippen MR) is 91.9 cm³/mol. The van der Waals surface area contributed by atoms with Gasteiger partial charge in [0, 0.05) is 12.0 Å². The molecular weight excluding hydrogens is 352 g/mol. The molecule has 1 aliphatic rings. The van der Waals surface area contributed by atoms with Crippen LogP contribution in [0, 0.1) is 6.92 Å². The van der Waals surface area contributed by atoms with Gasteiger partial charge in [-0.15, -0.1) is 0 Å². The minimum absolute atomic E-state index is 0.0755. The molecule has 1 atom stereocenters. The van der Waals surface area contributed by atoms with Gasteiger partial charge < -0.3 is 18.0 Å². The lowest BCUT2D eigenvalue weighted by molar-refractivity contribution is -0.136. The third-order valence-corrected chi connectivity index (χ3v) is 4.22. The summed E-state index contributed by atoms with van der Waals surface area (Å²) in [5.74, 6) is 0.0591. The van der Waals surface area contributed by atoms with Gasteiger partial charge in [-0.3, -0.25) is 4.79 Å². The largest absolute Gasteiger partial charge is 0.467 e. The van der Waals surface area contributed by atoms with Crippen molar-refractivity contribution in [3.05, 3.63) is 72.0 Å². The molecule has 4 rings (SSSR count). The zero-order chi connectivity index (χ0) is 18.8. The van der Waals surface area contributed by atoms with Crippen molar-refractivity contribution >= 4 is 17.6 Å². The number of carbonyl (C=O) groups excluding carboxylic acids is 2. The maximum atomic E-state index is 12.7. The van der Waals surface area contributed by atoms with Gasteiger partial charge >= 0.3 is 5.97 Å². The molecular formula is C19H16N2O6. The van der Waals surface area contributed by atoms with Crippen molar-refractivity contribution in [3.8, 4) is 0 Å². The summed E-state index contributed by atoms with van der Waals surface area (Å²) in [5, 5.41) is 5.62. The number of rotatable bonds is 5. The second-order valence-corrected chi connectivity index (χ2v) is 6.01. The second-order valence-electron chi connectivity index (χ2n) is 6.01. The van der Waals surface area contributed by atoms with E-state index in [1.165, 1.54) is 23.8 Å². The van der Waals surface area contributed by atoms with Crippen LogP contribution in [0.15, 0.2) is 67.5 Å². The number of hydrogen-bond donors (Lipinski definition) is 0. The van der Waals surface area contributed by atoms with Crippen LogP contribution in [0.25, 0.3) is 0 Å². The van der Waals surface area contributed by atoms with E-state index in [2.05, 4.69) is 5.10 Å². The van der Waals surface area contributed by atoms with Crippen molar-refractivity contribution in [1.82, 2.24) is 5.01 Å². The summed E-state index contributed by atoms with van der Waals surface area (Å²) in [7, 11) is 0. The molecule has 138 valence electrons. The zero-order valence-corrected chi connectivity index (χ0v) is 14.5. The molecule has 1 amide bonds. The van der Waals surface area contributed by atoms with Crippen LogP contribution in [0.5, 0.6) is 0 Å². The molecule has 0 radical (unpaired) electrons.